The fourth-order valence-corrected chi connectivity index (χ4v) is 9.48. The van der Waals surface area contributed by atoms with E-state index in [1.165, 1.54) is 26.9 Å². The smallest absolute Gasteiger partial charge is 0.160 e. The highest BCUT2D eigenvalue weighted by Crippen LogP contribution is 2.46. The maximum absolute atomic E-state index is 5.54. The minimum atomic E-state index is 0.668. The Morgan fingerprint density at radius 2 is 0.594 bits per heavy atom. The van der Waals surface area contributed by atoms with Crippen LogP contribution in [0.1, 0.15) is 0 Å². The number of fused-ring (bicyclic) bond motifs is 8. The van der Waals surface area contributed by atoms with E-state index >= 15 is 0 Å². The summed E-state index contributed by atoms with van der Waals surface area (Å²) in [6.07, 6.45) is 0. The zero-order valence-electron chi connectivity index (χ0n) is 34.9. The number of hydrogen-bond donors (Lipinski definition) is 0. The summed E-state index contributed by atoms with van der Waals surface area (Å²) in [5, 5.41) is 8.36. The van der Waals surface area contributed by atoms with Crippen LogP contribution >= 0.6 is 0 Å². The van der Waals surface area contributed by atoms with Crippen molar-refractivity contribution in [1.29, 1.82) is 0 Å². The Hall–Kier alpha value is -8.53. The molecule has 0 aliphatic rings. The van der Waals surface area contributed by atoms with Crippen LogP contribution in [0.25, 0.3) is 122 Å². The Morgan fingerprint density at radius 3 is 1.14 bits per heavy atom. The molecule has 0 aliphatic heterocycles. The molecule has 2 heterocycles. The lowest BCUT2D eigenvalue weighted by Crippen LogP contribution is -2.01. The highest BCUT2D eigenvalue weighted by molar-refractivity contribution is 6.33. The lowest BCUT2D eigenvalue weighted by molar-refractivity contribution is 1.18. The van der Waals surface area contributed by atoms with Crippen LogP contribution in [0.2, 0.25) is 0 Å². The van der Waals surface area contributed by atoms with Crippen LogP contribution < -0.4 is 0 Å². The van der Waals surface area contributed by atoms with E-state index in [-0.39, 0.29) is 0 Å². The third kappa shape index (κ3) is 6.50. The second kappa shape index (κ2) is 15.7. The van der Waals surface area contributed by atoms with Crippen LogP contribution in [-0.2, 0) is 0 Å². The van der Waals surface area contributed by atoms with Crippen LogP contribution in [0.15, 0.2) is 237 Å². The largest absolute Gasteiger partial charge is 0.247 e. The number of rotatable bonds is 7. The molecule has 298 valence electrons. The predicted molar refractivity (Wildman–Crippen MR) is 268 cm³/mol. The second-order valence-corrected chi connectivity index (χ2v) is 16.3. The zero-order valence-corrected chi connectivity index (χ0v) is 34.9. The molecule has 0 atom stereocenters. The molecular formula is C61H39N3. The van der Waals surface area contributed by atoms with Crippen molar-refractivity contribution in [2.45, 2.75) is 0 Å². The monoisotopic (exact) mass is 813 g/mol. The Labute approximate surface area is 371 Å². The van der Waals surface area contributed by atoms with Crippen molar-refractivity contribution >= 4 is 43.2 Å². The van der Waals surface area contributed by atoms with E-state index in [1.807, 2.05) is 6.07 Å². The fraction of sp³-hybridized carbons (Fsp3) is 0. The van der Waals surface area contributed by atoms with E-state index in [1.54, 1.807) is 0 Å². The minimum absolute atomic E-state index is 0.668. The van der Waals surface area contributed by atoms with Crippen molar-refractivity contribution in [2.75, 3.05) is 0 Å². The Balaban J connectivity index is 1.17. The highest BCUT2D eigenvalue weighted by Gasteiger charge is 2.23. The summed E-state index contributed by atoms with van der Waals surface area (Å²) in [7, 11) is 0. The van der Waals surface area contributed by atoms with Gasteiger partial charge in [-0.25, -0.2) is 15.0 Å². The summed E-state index contributed by atoms with van der Waals surface area (Å²) < 4.78 is 0. The third-order valence-corrected chi connectivity index (χ3v) is 12.4. The molecule has 0 saturated carbocycles. The van der Waals surface area contributed by atoms with Gasteiger partial charge in [-0.2, -0.15) is 0 Å². The van der Waals surface area contributed by atoms with E-state index in [4.69, 9.17) is 15.0 Å². The molecule has 2 aromatic heterocycles. The van der Waals surface area contributed by atoms with Crippen molar-refractivity contribution in [3.8, 4) is 78.5 Å². The number of hydrogen-bond acceptors (Lipinski definition) is 3. The molecule has 3 heteroatoms. The number of aromatic nitrogens is 3. The van der Waals surface area contributed by atoms with E-state index in [0.717, 1.165) is 89.0 Å². The van der Waals surface area contributed by atoms with Gasteiger partial charge in [0.1, 0.15) is 0 Å². The summed E-state index contributed by atoms with van der Waals surface area (Å²) in [6, 6.07) is 83.9. The lowest BCUT2D eigenvalue weighted by Gasteiger charge is -2.19. The summed E-state index contributed by atoms with van der Waals surface area (Å²) in [5.74, 6) is 0.668. The fourth-order valence-electron chi connectivity index (χ4n) is 9.48. The average Bonchev–Trinajstić information content (AvgIpc) is 3.39. The molecule has 12 aromatic rings. The van der Waals surface area contributed by atoms with Gasteiger partial charge in [-0.05, 0) is 73.6 Å². The van der Waals surface area contributed by atoms with E-state index < -0.39 is 0 Å². The van der Waals surface area contributed by atoms with Gasteiger partial charge >= 0.3 is 0 Å². The SMILES string of the molecule is c1ccc(-c2cccc(-c3nc(-c4ccccc4)nc(-c4cccc(-c5ccccc5)c4)c3-c3cccc(-c4nc5ccccc5c5c6ccccc6c6ccccc6c45)c3)c2)cc1. The van der Waals surface area contributed by atoms with Gasteiger partial charge in [0.05, 0.1) is 22.6 Å². The first-order valence-corrected chi connectivity index (χ1v) is 21.8. The second-order valence-electron chi connectivity index (χ2n) is 16.3. The maximum Gasteiger partial charge on any atom is 0.160 e. The predicted octanol–water partition coefficient (Wildman–Crippen LogP) is 16.2. The van der Waals surface area contributed by atoms with E-state index in [9.17, 15) is 0 Å². The highest BCUT2D eigenvalue weighted by atomic mass is 14.9. The van der Waals surface area contributed by atoms with Gasteiger partial charge in [-0.1, -0.05) is 212 Å². The molecule has 0 fully saturated rings. The molecule has 12 rings (SSSR count). The molecule has 0 amide bonds. The number of nitrogens with zero attached hydrogens (tertiary/aromatic N) is 3. The number of pyridine rings is 1. The van der Waals surface area contributed by atoms with E-state index in [2.05, 4.69) is 231 Å². The van der Waals surface area contributed by atoms with Crippen LogP contribution in [0, 0.1) is 0 Å². The Bertz CT molecular complexity index is 3610. The van der Waals surface area contributed by atoms with Gasteiger partial charge in [0.2, 0.25) is 0 Å². The molecule has 0 radical (unpaired) electrons. The van der Waals surface area contributed by atoms with Crippen molar-refractivity contribution in [3.05, 3.63) is 237 Å². The van der Waals surface area contributed by atoms with Gasteiger partial charge in [-0.3, -0.25) is 0 Å². The Kier molecular flexibility index (Phi) is 9.16. The molecule has 0 unspecified atom stereocenters. The molecule has 0 saturated heterocycles. The third-order valence-electron chi connectivity index (χ3n) is 12.4. The lowest BCUT2D eigenvalue weighted by atomic mass is 9.88. The average molecular weight is 814 g/mol. The molecule has 0 spiro atoms. The molecule has 0 N–H and O–H groups in total. The maximum atomic E-state index is 5.54. The van der Waals surface area contributed by atoms with Gasteiger partial charge in [-0.15, -0.1) is 0 Å². The van der Waals surface area contributed by atoms with Gasteiger partial charge in [0.25, 0.3) is 0 Å². The molecule has 0 aliphatic carbocycles. The first-order chi connectivity index (χ1) is 31.7. The quantitative estimate of drug-likeness (QED) is 0.150. The van der Waals surface area contributed by atoms with Crippen molar-refractivity contribution in [3.63, 3.8) is 0 Å². The van der Waals surface area contributed by atoms with Gasteiger partial charge in [0, 0.05) is 44.0 Å². The Morgan fingerprint density at radius 1 is 0.219 bits per heavy atom. The summed E-state index contributed by atoms with van der Waals surface area (Å²) >= 11 is 0. The van der Waals surface area contributed by atoms with Crippen molar-refractivity contribution < 1.29 is 0 Å². The zero-order chi connectivity index (χ0) is 42.4. The number of benzene rings is 10. The molecular weight excluding hydrogens is 775 g/mol. The first kappa shape index (κ1) is 37.2. The molecule has 64 heavy (non-hydrogen) atoms. The summed E-state index contributed by atoms with van der Waals surface area (Å²) in [6.45, 7) is 0. The van der Waals surface area contributed by atoms with Crippen LogP contribution in [0.4, 0.5) is 0 Å². The van der Waals surface area contributed by atoms with Gasteiger partial charge < -0.3 is 0 Å². The van der Waals surface area contributed by atoms with Gasteiger partial charge in [0.15, 0.2) is 5.82 Å². The molecule has 3 nitrogen and oxygen atoms in total. The molecule has 0 bridgehead atoms. The molecule has 10 aromatic carbocycles. The van der Waals surface area contributed by atoms with Crippen molar-refractivity contribution in [2.24, 2.45) is 0 Å². The summed E-state index contributed by atoms with van der Waals surface area (Å²) in [4.78, 5) is 16.6. The van der Waals surface area contributed by atoms with Crippen LogP contribution in [-0.4, -0.2) is 15.0 Å². The topological polar surface area (TPSA) is 38.7 Å². The van der Waals surface area contributed by atoms with Crippen LogP contribution in [0.5, 0.6) is 0 Å². The standard InChI is InChI=1S/C61H39N3/c1-4-19-40(20-5-1)43-25-16-28-46(37-43)58-55(59(64-61(63-58)42-23-8-3-9-24-42)47-29-17-26-44(38-47)41-21-6-2-7-22-41)45-27-18-30-48(39-45)60-57-52-34-13-11-32-50(52)49-31-10-12-33-51(49)56(57)53-35-14-15-36-54(53)62-60/h1-39H. The van der Waals surface area contributed by atoms with Crippen LogP contribution in [0.3, 0.4) is 0 Å². The number of para-hydroxylation sites is 1. The van der Waals surface area contributed by atoms with E-state index in [0.29, 0.717) is 5.82 Å². The normalized spacial score (nSPS) is 11.4. The summed E-state index contributed by atoms with van der Waals surface area (Å²) in [5.41, 5.74) is 14.1. The first-order valence-electron chi connectivity index (χ1n) is 21.8. The minimum Gasteiger partial charge on any atom is -0.247 e. The van der Waals surface area contributed by atoms with Crippen molar-refractivity contribution in [1.82, 2.24) is 15.0 Å².